The van der Waals surface area contributed by atoms with Gasteiger partial charge in [-0.15, -0.1) is 0 Å². The molecule has 1 nitrogen and oxygen atoms in total. The molecule has 0 bridgehead atoms. The summed E-state index contributed by atoms with van der Waals surface area (Å²) in [5.74, 6) is 0. The van der Waals surface area contributed by atoms with Crippen molar-refractivity contribution in [1.29, 1.82) is 0 Å². The van der Waals surface area contributed by atoms with Gasteiger partial charge in [0.15, 0.2) is 0 Å². The molecule has 1 aromatic rings. The molecule has 0 radical (unpaired) electrons. The summed E-state index contributed by atoms with van der Waals surface area (Å²) in [6.45, 7) is 0. The molecule has 0 amide bonds. The second-order valence-electron chi connectivity index (χ2n) is 2.68. The molecule has 13 heavy (non-hydrogen) atoms. The molecule has 1 aliphatic rings. The van der Waals surface area contributed by atoms with Gasteiger partial charge >= 0.3 is 0 Å². The molecule has 1 N–H and O–H groups in total. The molecule has 0 aromatic heterocycles. The molecule has 1 aromatic carbocycles. The number of alkyl halides is 3. The SMILES string of the molecule is ClC(Cl)(Cl)C1Nc2ccccc2S1. The van der Waals surface area contributed by atoms with Crippen LogP contribution >= 0.6 is 46.6 Å². The van der Waals surface area contributed by atoms with Crippen molar-refractivity contribution in [2.75, 3.05) is 5.32 Å². The van der Waals surface area contributed by atoms with E-state index in [9.17, 15) is 0 Å². The summed E-state index contributed by atoms with van der Waals surface area (Å²) in [4.78, 5) is 1.12. The highest BCUT2D eigenvalue weighted by molar-refractivity contribution is 8.00. The second kappa shape index (κ2) is 3.43. The average Bonchev–Trinajstić information content (AvgIpc) is 2.45. The number of thioether (sulfide) groups is 1. The monoisotopic (exact) mass is 253 g/mol. The standard InChI is InChI=1S/C8H6Cl3NS/c9-8(10,11)7-12-5-3-1-2-4-6(5)13-7/h1-4,7,12H. The van der Waals surface area contributed by atoms with E-state index < -0.39 is 3.79 Å². The maximum Gasteiger partial charge on any atom is 0.219 e. The van der Waals surface area contributed by atoms with Crippen LogP contribution in [0, 0.1) is 0 Å². The van der Waals surface area contributed by atoms with Crippen LogP contribution in [0.5, 0.6) is 0 Å². The quantitative estimate of drug-likeness (QED) is 0.705. The van der Waals surface area contributed by atoms with Gasteiger partial charge in [0.2, 0.25) is 3.79 Å². The van der Waals surface area contributed by atoms with Crippen molar-refractivity contribution < 1.29 is 0 Å². The summed E-state index contributed by atoms with van der Waals surface area (Å²) in [7, 11) is 0. The van der Waals surface area contributed by atoms with E-state index in [2.05, 4.69) is 5.32 Å². The molecule has 70 valence electrons. The highest BCUT2D eigenvalue weighted by Crippen LogP contribution is 2.47. The second-order valence-corrected chi connectivity index (χ2v) is 6.20. The number of fused-ring (bicyclic) bond motifs is 1. The predicted molar refractivity (Wildman–Crippen MR) is 60.0 cm³/mol. The summed E-state index contributed by atoms with van der Waals surface area (Å²) in [5, 5.41) is 2.94. The van der Waals surface area contributed by atoms with Crippen LogP contribution in [0.15, 0.2) is 29.2 Å². The molecule has 1 unspecified atom stereocenters. The molecule has 0 saturated carbocycles. The molecule has 0 fully saturated rings. The van der Waals surface area contributed by atoms with Gasteiger partial charge in [0.25, 0.3) is 0 Å². The first-order valence-electron chi connectivity index (χ1n) is 3.66. The highest BCUT2D eigenvalue weighted by atomic mass is 35.6. The number of hydrogen-bond acceptors (Lipinski definition) is 2. The lowest BCUT2D eigenvalue weighted by molar-refractivity contribution is 1.03. The Morgan fingerprint density at radius 1 is 1.23 bits per heavy atom. The van der Waals surface area contributed by atoms with E-state index in [0.717, 1.165) is 10.6 Å². The van der Waals surface area contributed by atoms with Crippen LogP contribution in [0.25, 0.3) is 0 Å². The van der Waals surface area contributed by atoms with Crippen molar-refractivity contribution in [2.24, 2.45) is 0 Å². The van der Waals surface area contributed by atoms with Crippen LogP contribution in [-0.4, -0.2) is 9.17 Å². The van der Waals surface area contributed by atoms with E-state index in [1.807, 2.05) is 24.3 Å². The third-order valence-electron chi connectivity index (χ3n) is 1.72. The fraction of sp³-hybridized carbons (Fsp3) is 0.250. The third kappa shape index (κ3) is 2.01. The first kappa shape index (κ1) is 9.78. The lowest BCUT2D eigenvalue weighted by atomic mass is 10.3. The van der Waals surface area contributed by atoms with Gasteiger partial charge in [-0.2, -0.15) is 0 Å². The van der Waals surface area contributed by atoms with Gasteiger partial charge < -0.3 is 5.32 Å². The summed E-state index contributed by atoms with van der Waals surface area (Å²) < 4.78 is -1.27. The Bertz CT molecular complexity index is 298. The molecule has 0 aliphatic carbocycles. The van der Waals surface area contributed by atoms with Crippen LogP contribution in [-0.2, 0) is 0 Å². The summed E-state index contributed by atoms with van der Waals surface area (Å²) in [6, 6.07) is 7.89. The van der Waals surface area contributed by atoms with E-state index in [1.54, 1.807) is 0 Å². The Morgan fingerprint density at radius 3 is 2.54 bits per heavy atom. The highest BCUT2D eigenvalue weighted by Gasteiger charge is 2.37. The van der Waals surface area contributed by atoms with Gasteiger partial charge in [-0.1, -0.05) is 58.7 Å². The predicted octanol–water partition coefficient (Wildman–Crippen LogP) is 3.90. The molecule has 0 spiro atoms. The maximum absolute atomic E-state index is 5.78. The van der Waals surface area contributed by atoms with Gasteiger partial charge in [-0.25, -0.2) is 0 Å². The Balaban J connectivity index is 2.23. The third-order valence-corrected chi connectivity index (χ3v) is 4.08. The molecule has 2 rings (SSSR count). The Kier molecular flexibility index (Phi) is 2.58. The lowest BCUT2D eigenvalue weighted by Crippen LogP contribution is -2.26. The molecular formula is C8H6Cl3NS. The zero-order valence-electron chi connectivity index (χ0n) is 6.43. The van der Waals surface area contributed by atoms with Crippen LogP contribution in [0.3, 0.4) is 0 Å². The number of nitrogens with one attached hydrogen (secondary N) is 1. The van der Waals surface area contributed by atoms with Crippen molar-refractivity contribution in [3.63, 3.8) is 0 Å². The van der Waals surface area contributed by atoms with Gasteiger partial charge in [0, 0.05) is 10.6 Å². The van der Waals surface area contributed by atoms with Crippen LogP contribution in [0.4, 0.5) is 5.69 Å². The summed E-state index contributed by atoms with van der Waals surface area (Å²) >= 11 is 18.9. The minimum absolute atomic E-state index is 0.199. The number of hydrogen-bond donors (Lipinski definition) is 1. The lowest BCUT2D eigenvalue weighted by Gasteiger charge is -2.18. The van der Waals surface area contributed by atoms with Crippen LogP contribution < -0.4 is 5.32 Å². The summed E-state index contributed by atoms with van der Waals surface area (Å²) in [5.41, 5.74) is 1.03. The van der Waals surface area contributed by atoms with Crippen LogP contribution in [0.1, 0.15) is 0 Å². The maximum atomic E-state index is 5.78. The Labute approximate surface area is 95.7 Å². The number of anilines is 1. The summed E-state index contributed by atoms with van der Waals surface area (Å²) in [6.07, 6.45) is 0. The fourth-order valence-corrected chi connectivity index (χ4v) is 2.68. The Hall–Kier alpha value is 0.240. The first-order chi connectivity index (χ1) is 6.07. The Morgan fingerprint density at radius 2 is 1.92 bits per heavy atom. The minimum Gasteiger partial charge on any atom is -0.368 e. The van der Waals surface area contributed by atoms with Gasteiger partial charge in [-0.3, -0.25) is 0 Å². The topological polar surface area (TPSA) is 12.0 Å². The van der Waals surface area contributed by atoms with E-state index in [-0.39, 0.29) is 5.37 Å². The molecule has 0 saturated heterocycles. The van der Waals surface area contributed by atoms with Gasteiger partial charge in [0.05, 0.1) is 0 Å². The number of halogens is 3. The largest absolute Gasteiger partial charge is 0.368 e. The van der Waals surface area contributed by atoms with Gasteiger partial charge in [0.1, 0.15) is 5.37 Å². The normalized spacial score (nSPS) is 21.0. The first-order valence-corrected chi connectivity index (χ1v) is 5.68. The minimum atomic E-state index is -1.27. The molecular weight excluding hydrogens is 249 g/mol. The fourth-order valence-electron chi connectivity index (χ4n) is 1.13. The average molecular weight is 255 g/mol. The van der Waals surface area contributed by atoms with E-state index >= 15 is 0 Å². The molecule has 1 atom stereocenters. The molecule has 1 heterocycles. The zero-order chi connectivity index (χ0) is 9.47. The van der Waals surface area contributed by atoms with Crippen molar-refractivity contribution in [2.45, 2.75) is 14.1 Å². The smallest absolute Gasteiger partial charge is 0.219 e. The van der Waals surface area contributed by atoms with E-state index in [0.29, 0.717) is 0 Å². The van der Waals surface area contributed by atoms with Crippen LogP contribution in [0.2, 0.25) is 0 Å². The molecule has 1 aliphatic heterocycles. The van der Waals surface area contributed by atoms with Crippen molar-refractivity contribution in [1.82, 2.24) is 0 Å². The van der Waals surface area contributed by atoms with Crippen molar-refractivity contribution in [3.8, 4) is 0 Å². The number of benzene rings is 1. The zero-order valence-corrected chi connectivity index (χ0v) is 9.51. The van der Waals surface area contributed by atoms with Crippen molar-refractivity contribution >= 4 is 52.3 Å². The van der Waals surface area contributed by atoms with E-state index in [1.165, 1.54) is 11.8 Å². The van der Waals surface area contributed by atoms with Crippen molar-refractivity contribution in [3.05, 3.63) is 24.3 Å². The van der Waals surface area contributed by atoms with E-state index in [4.69, 9.17) is 34.8 Å². The molecule has 5 heteroatoms. The number of para-hydroxylation sites is 1. The number of rotatable bonds is 0. The van der Waals surface area contributed by atoms with Gasteiger partial charge in [-0.05, 0) is 12.1 Å².